The van der Waals surface area contributed by atoms with Crippen molar-refractivity contribution >= 4 is 15.7 Å². The van der Waals surface area contributed by atoms with Crippen molar-refractivity contribution in [2.24, 2.45) is 0 Å². The molecule has 1 aromatic heterocycles. The largest absolute Gasteiger partial charge is 0.398 e. The molecule has 6 nitrogen and oxygen atoms in total. The van der Waals surface area contributed by atoms with Gasteiger partial charge in [-0.15, -0.1) is 0 Å². The molecule has 0 radical (unpaired) electrons. The summed E-state index contributed by atoms with van der Waals surface area (Å²) in [6, 6.07) is 1.51. The number of hydrogen-bond acceptors (Lipinski definition) is 5. The zero-order chi connectivity index (χ0) is 13.9. The molecule has 0 bridgehead atoms. The Morgan fingerprint density at radius 2 is 2.21 bits per heavy atom. The van der Waals surface area contributed by atoms with Crippen LogP contribution in [0, 0.1) is 0 Å². The first-order chi connectivity index (χ1) is 9.07. The van der Waals surface area contributed by atoms with Gasteiger partial charge in [0.2, 0.25) is 10.0 Å². The third-order valence-electron chi connectivity index (χ3n) is 3.42. The van der Waals surface area contributed by atoms with E-state index in [-0.39, 0.29) is 23.2 Å². The molecular formula is C12H19N3O3S. The SMILES string of the molecule is Nc1ccncc1S(=O)(=O)N(CCCO)C1CCC1. The second-order valence-electron chi connectivity index (χ2n) is 4.69. The number of hydrogen-bond donors (Lipinski definition) is 2. The van der Waals surface area contributed by atoms with E-state index in [1.54, 1.807) is 0 Å². The third-order valence-corrected chi connectivity index (χ3v) is 5.42. The molecule has 3 N–H and O–H groups in total. The number of aliphatic hydroxyl groups excluding tert-OH is 1. The Hall–Kier alpha value is -1.18. The van der Waals surface area contributed by atoms with Crippen molar-refractivity contribution in [2.75, 3.05) is 18.9 Å². The fourth-order valence-electron chi connectivity index (χ4n) is 2.13. The molecule has 0 aromatic carbocycles. The van der Waals surface area contributed by atoms with E-state index < -0.39 is 10.0 Å². The Labute approximate surface area is 113 Å². The quantitative estimate of drug-likeness (QED) is 0.797. The summed E-state index contributed by atoms with van der Waals surface area (Å²) in [5.41, 5.74) is 5.95. The number of rotatable bonds is 6. The van der Waals surface area contributed by atoms with Crippen LogP contribution in [0.4, 0.5) is 5.69 Å². The van der Waals surface area contributed by atoms with Crippen LogP contribution in [0.15, 0.2) is 23.4 Å². The molecular weight excluding hydrogens is 266 g/mol. The Kier molecular flexibility index (Phi) is 4.38. The van der Waals surface area contributed by atoms with Crippen molar-refractivity contribution in [1.82, 2.24) is 9.29 Å². The number of aromatic nitrogens is 1. The van der Waals surface area contributed by atoms with Crippen LogP contribution < -0.4 is 5.73 Å². The van der Waals surface area contributed by atoms with Crippen LogP contribution in [-0.4, -0.2) is 42.0 Å². The van der Waals surface area contributed by atoms with Gasteiger partial charge < -0.3 is 10.8 Å². The van der Waals surface area contributed by atoms with E-state index in [0.717, 1.165) is 19.3 Å². The number of sulfonamides is 1. The molecule has 0 aliphatic heterocycles. The van der Waals surface area contributed by atoms with Gasteiger partial charge in [0, 0.05) is 31.6 Å². The summed E-state index contributed by atoms with van der Waals surface area (Å²) in [4.78, 5) is 3.90. The van der Waals surface area contributed by atoms with Gasteiger partial charge >= 0.3 is 0 Å². The standard InChI is InChI=1S/C12H19N3O3S/c13-11-5-6-14-9-12(11)19(17,18)15(7-2-8-16)10-3-1-4-10/h5-6,9-10,16H,1-4,7-8H2,(H2,13,14). The van der Waals surface area contributed by atoms with Gasteiger partial charge in [-0.2, -0.15) is 4.31 Å². The van der Waals surface area contributed by atoms with E-state index >= 15 is 0 Å². The number of nitrogen functional groups attached to an aromatic ring is 1. The summed E-state index contributed by atoms with van der Waals surface area (Å²) in [7, 11) is -3.63. The molecule has 1 saturated carbocycles. The lowest BCUT2D eigenvalue weighted by atomic mass is 9.93. The van der Waals surface area contributed by atoms with Gasteiger partial charge in [0.05, 0.1) is 5.69 Å². The Bertz CT molecular complexity index is 529. The number of aliphatic hydroxyl groups is 1. The molecule has 0 saturated heterocycles. The zero-order valence-corrected chi connectivity index (χ0v) is 11.5. The predicted octanol–water partition coefficient (Wildman–Crippen LogP) is 0.589. The first kappa shape index (κ1) is 14.2. The summed E-state index contributed by atoms with van der Waals surface area (Å²) in [5.74, 6) is 0. The van der Waals surface area contributed by atoms with Gasteiger partial charge in [0.25, 0.3) is 0 Å². The van der Waals surface area contributed by atoms with Crippen molar-refractivity contribution in [3.05, 3.63) is 18.5 Å². The number of anilines is 1. The van der Waals surface area contributed by atoms with Crippen LogP contribution >= 0.6 is 0 Å². The summed E-state index contributed by atoms with van der Waals surface area (Å²) >= 11 is 0. The van der Waals surface area contributed by atoms with E-state index in [4.69, 9.17) is 10.8 Å². The summed E-state index contributed by atoms with van der Waals surface area (Å²) in [6.07, 6.45) is 5.95. The Morgan fingerprint density at radius 1 is 1.47 bits per heavy atom. The summed E-state index contributed by atoms with van der Waals surface area (Å²) < 4.78 is 26.7. The van der Waals surface area contributed by atoms with Gasteiger partial charge in [-0.3, -0.25) is 4.98 Å². The second-order valence-corrected chi connectivity index (χ2v) is 6.55. The van der Waals surface area contributed by atoms with E-state index in [0.29, 0.717) is 13.0 Å². The molecule has 0 amide bonds. The lowest BCUT2D eigenvalue weighted by molar-refractivity contribution is 0.198. The molecule has 0 spiro atoms. The molecule has 7 heteroatoms. The zero-order valence-electron chi connectivity index (χ0n) is 10.7. The van der Waals surface area contributed by atoms with E-state index in [9.17, 15) is 8.42 Å². The fourth-order valence-corrected chi connectivity index (χ4v) is 3.92. The minimum atomic E-state index is -3.63. The van der Waals surface area contributed by atoms with E-state index in [2.05, 4.69) is 4.98 Å². The third kappa shape index (κ3) is 2.88. The fraction of sp³-hybridized carbons (Fsp3) is 0.583. The molecule has 1 aromatic rings. The van der Waals surface area contributed by atoms with Gasteiger partial charge in [-0.25, -0.2) is 8.42 Å². The summed E-state index contributed by atoms with van der Waals surface area (Å²) in [6.45, 7) is 0.291. The summed E-state index contributed by atoms with van der Waals surface area (Å²) in [5, 5.41) is 8.92. The molecule has 1 aliphatic carbocycles. The number of nitrogens with zero attached hydrogens (tertiary/aromatic N) is 2. The highest BCUT2D eigenvalue weighted by Gasteiger charge is 2.35. The highest BCUT2D eigenvalue weighted by molar-refractivity contribution is 7.89. The van der Waals surface area contributed by atoms with E-state index in [1.807, 2.05) is 0 Å². The maximum atomic E-state index is 12.6. The van der Waals surface area contributed by atoms with Crippen LogP contribution in [0.25, 0.3) is 0 Å². The molecule has 2 rings (SSSR count). The lowest BCUT2D eigenvalue weighted by Gasteiger charge is -2.36. The monoisotopic (exact) mass is 285 g/mol. The average Bonchev–Trinajstić information content (AvgIpc) is 2.32. The Balaban J connectivity index is 2.31. The van der Waals surface area contributed by atoms with Crippen molar-refractivity contribution in [3.8, 4) is 0 Å². The maximum absolute atomic E-state index is 12.6. The molecule has 0 unspecified atom stereocenters. The van der Waals surface area contributed by atoms with Crippen LogP contribution in [-0.2, 0) is 10.0 Å². The van der Waals surface area contributed by atoms with Crippen molar-refractivity contribution in [2.45, 2.75) is 36.6 Å². The second kappa shape index (κ2) is 5.85. The van der Waals surface area contributed by atoms with Crippen LogP contribution in [0.1, 0.15) is 25.7 Å². The first-order valence-corrected chi connectivity index (χ1v) is 7.83. The van der Waals surface area contributed by atoms with Crippen molar-refractivity contribution in [3.63, 3.8) is 0 Å². The van der Waals surface area contributed by atoms with Gasteiger partial charge in [0.15, 0.2) is 0 Å². The van der Waals surface area contributed by atoms with E-state index in [1.165, 1.54) is 22.8 Å². The molecule has 19 heavy (non-hydrogen) atoms. The first-order valence-electron chi connectivity index (χ1n) is 6.39. The predicted molar refractivity (Wildman–Crippen MR) is 71.9 cm³/mol. The topological polar surface area (TPSA) is 96.5 Å². The molecule has 106 valence electrons. The lowest BCUT2D eigenvalue weighted by Crippen LogP contribution is -2.45. The maximum Gasteiger partial charge on any atom is 0.246 e. The van der Waals surface area contributed by atoms with Gasteiger partial charge in [0.1, 0.15) is 4.90 Å². The van der Waals surface area contributed by atoms with Gasteiger partial charge in [-0.05, 0) is 25.3 Å². The van der Waals surface area contributed by atoms with Crippen molar-refractivity contribution < 1.29 is 13.5 Å². The highest BCUT2D eigenvalue weighted by Crippen LogP contribution is 2.31. The molecule has 1 heterocycles. The Morgan fingerprint density at radius 3 is 2.74 bits per heavy atom. The van der Waals surface area contributed by atoms with Crippen molar-refractivity contribution in [1.29, 1.82) is 0 Å². The van der Waals surface area contributed by atoms with Crippen LogP contribution in [0.5, 0.6) is 0 Å². The smallest absolute Gasteiger partial charge is 0.246 e. The number of nitrogens with two attached hydrogens (primary N) is 1. The molecule has 1 fully saturated rings. The highest BCUT2D eigenvalue weighted by atomic mass is 32.2. The minimum absolute atomic E-state index is 0.0242. The normalized spacial score (nSPS) is 16.5. The van der Waals surface area contributed by atoms with Gasteiger partial charge in [-0.1, -0.05) is 6.42 Å². The van der Waals surface area contributed by atoms with Crippen LogP contribution in [0.2, 0.25) is 0 Å². The van der Waals surface area contributed by atoms with Crippen LogP contribution in [0.3, 0.4) is 0 Å². The minimum Gasteiger partial charge on any atom is -0.398 e. The molecule has 1 aliphatic rings. The molecule has 0 atom stereocenters. The average molecular weight is 285 g/mol. The number of pyridine rings is 1.